The average molecular weight is 263 g/mol. The number of aliphatic hydroxyl groups excluding tert-OH is 1. The Morgan fingerprint density at radius 3 is 2.22 bits per heavy atom. The van der Waals surface area contributed by atoms with Crippen LogP contribution in [0.5, 0.6) is 5.75 Å². The Bertz CT molecular complexity index is 365. The van der Waals surface area contributed by atoms with Crippen molar-refractivity contribution in [3.8, 4) is 5.75 Å². The number of hydrogen-bond acceptors (Lipinski definition) is 3. The molecule has 0 radical (unpaired) electrons. The fourth-order valence-electron chi connectivity index (χ4n) is 1.53. The Labute approximate surface area is 104 Å². The average Bonchev–Trinajstić information content (AvgIpc) is 2.27. The van der Waals surface area contributed by atoms with Crippen molar-refractivity contribution in [2.45, 2.75) is 32.3 Å². The van der Waals surface area contributed by atoms with Crippen LogP contribution >= 0.6 is 0 Å². The summed E-state index contributed by atoms with van der Waals surface area (Å²) >= 11 is 0. The van der Waals surface area contributed by atoms with Crippen molar-refractivity contribution in [3.63, 3.8) is 0 Å². The Hall–Kier alpha value is -1.27. The molecule has 6 heteroatoms. The highest BCUT2D eigenvalue weighted by Crippen LogP contribution is 2.24. The Balaban J connectivity index is 2.65. The van der Waals surface area contributed by atoms with E-state index >= 15 is 0 Å². The van der Waals surface area contributed by atoms with Crippen molar-refractivity contribution in [2.24, 2.45) is 0 Å². The zero-order valence-corrected chi connectivity index (χ0v) is 10.2. The molecule has 0 heterocycles. The van der Waals surface area contributed by atoms with Gasteiger partial charge >= 0.3 is 6.36 Å². The van der Waals surface area contributed by atoms with Gasteiger partial charge in [-0.15, -0.1) is 13.2 Å². The summed E-state index contributed by atoms with van der Waals surface area (Å²) in [5, 5.41) is 12.0. The second-order valence-corrected chi connectivity index (χ2v) is 4.09. The predicted octanol–water partition coefficient (Wildman–Crippen LogP) is 2.62. The van der Waals surface area contributed by atoms with Gasteiger partial charge in [0.15, 0.2) is 0 Å². The molecule has 2 atom stereocenters. The van der Waals surface area contributed by atoms with Crippen molar-refractivity contribution in [3.05, 3.63) is 29.8 Å². The summed E-state index contributed by atoms with van der Waals surface area (Å²) in [4.78, 5) is 0. The Morgan fingerprint density at radius 1 is 1.22 bits per heavy atom. The first-order valence-corrected chi connectivity index (χ1v) is 5.54. The smallest absolute Gasteiger partial charge is 0.406 e. The van der Waals surface area contributed by atoms with E-state index in [0.717, 1.165) is 5.56 Å². The quantitative estimate of drug-likeness (QED) is 0.858. The van der Waals surface area contributed by atoms with E-state index in [4.69, 9.17) is 5.11 Å². The van der Waals surface area contributed by atoms with Crippen molar-refractivity contribution in [1.29, 1.82) is 0 Å². The fourth-order valence-corrected chi connectivity index (χ4v) is 1.53. The van der Waals surface area contributed by atoms with Gasteiger partial charge in [-0.25, -0.2) is 0 Å². The van der Waals surface area contributed by atoms with Gasteiger partial charge in [0.1, 0.15) is 5.75 Å². The molecule has 1 rings (SSSR count). The molecular formula is C12H16F3NO2. The SMILES string of the molecule is CC(N[C@H](C)CO)c1ccc(OC(F)(F)F)cc1. The van der Waals surface area contributed by atoms with Crippen molar-refractivity contribution < 1.29 is 23.0 Å². The third-order valence-corrected chi connectivity index (χ3v) is 2.42. The molecule has 18 heavy (non-hydrogen) atoms. The van der Waals surface area contributed by atoms with Crippen molar-refractivity contribution >= 4 is 0 Å². The van der Waals surface area contributed by atoms with Crippen LogP contribution in [0.4, 0.5) is 13.2 Å². The van der Waals surface area contributed by atoms with Crippen LogP contribution in [-0.2, 0) is 0 Å². The molecule has 0 aliphatic carbocycles. The van der Waals surface area contributed by atoms with Gasteiger partial charge in [-0.2, -0.15) is 0 Å². The van der Waals surface area contributed by atoms with E-state index in [-0.39, 0.29) is 24.4 Å². The number of hydrogen-bond donors (Lipinski definition) is 2. The lowest BCUT2D eigenvalue weighted by atomic mass is 10.1. The summed E-state index contributed by atoms with van der Waals surface area (Å²) < 4.78 is 39.6. The third-order valence-electron chi connectivity index (χ3n) is 2.42. The van der Waals surface area contributed by atoms with Gasteiger partial charge in [0, 0.05) is 12.1 Å². The zero-order chi connectivity index (χ0) is 13.8. The molecule has 0 spiro atoms. The highest BCUT2D eigenvalue weighted by molar-refractivity contribution is 5.29. The van der Waals surface area contributed by atoms with Crippen LogP contribution in [0.15, 0.2) is 24.3 Å². The lowest BCUT2D eigenvalue weighted by Crippen LogP contribution is -2.31. The molecule has 0 aliphatic rings. The van der Waals surface area contributed by atoms with E-state index in [2.05, 4.69) is 10.1 Å². The lowest BCUT2D eigenvalue weighted by Gasteiger charge is -2.19. The first kappa shape index (κ1) is 14.8. The normalized spacial score (nSPS) is 15.2. The molecule has 0 saturated carbocycles. The predicted molar refractivity (Wildman–Crippen MR) is 61.2 cm³/mol. The molecule has 102 valence electrons. The van der Waals surface area contributed by atoms with Crippen LogP contribution < -0.4 is 10.1 Å². The number of ether oxygens (including phenoxy) is 1. The van der Waals surface area contributed by atoms with E-state index in [9.17, 15) is 13.2 Å². The summed E-state index contributed by atoms with van der Waals surface area (Å²) in [6.07, 6.45) is -4.67. The molecule has 1 unspecified atom stereocenters. The second kappa shape index (κ2) is 6.06. The standard InChI is InChI=1S/C12H16F3NO2/c1-8(7-17)16-9(2)10-3-5-11(6-4-10)18-12(13,14)15/h3-6,8-9,16-17H,7H2,1-2H3/t8-,9?/m1/s1. The number of halogens is 3. The van der Waals surface area contributed by atoms with E-state index in [1.807, 2.05) is 13.8 Å². The van der Waals surface area contributed by atoms with Gasteiger partial charge in [-0.3, -0.25) is 0 Å². The minimum atomic E-state index is -4.67. The van der Waals surface area contributed by atoms with Crippen molar-refractivity contribution in [2.75, 3.05) is 6.61 Å². The molecule has 0 fully saturated rings. The fraction of sp³-hybridized carbons (Fsp3) is 0.500. The molecule has 1 aromatic carbocycles. The maximum atomic E-state index is 12.0. The van der Waals surface area contributed by atoms with E-state index in [1.54, 1.807) is 12.1 Å². The molecule has 0 aliphatic heterocycles. The van der Waals surface area contributed by atoms with E-state index < -0.39 is 6.36 Å². The first-order valence-electron chi connectivity index (χ1n) is 5.54. The lowest BCUT2D eigenvalue weighted by molar-refractivity contribution is -0.274. The topological polar surface area (TPSA) is 41.5 Å². The van der Waals surface area contributed by atoms with Crippen LogP contribution in [0.3, 0.4) is 0 Å². The molecule has 0 amide bonds. The van der Waals surface area contributed by atoms with Gasteiger partial charge in [0.2, 0.25) is 0 Å². The Kier molecular flexibility index (Phi) is 4.98. The summed E-state index contributed by atoms with van der Waals surface area (Å²) in [7, 11) is 0. The monoisotopic (exact) mass is 263 g/mol. The molecule has 1 aromatic rings. The number of nitrogens with one attached hydrogen (secondary N) is 1. The molecule has 2 N–H and O–H groups in total. The number of alkyl halides is 3. The van der Waals surface area contributed by atoms with Gasteiger partial charge in [0.05, 0.1) is 6.61 Å². The molecular weight excluding hydrogens is 247 g/mol. The van der Waals surface area contributed by atoms with E-state index in [1.165, 1.54) is 12.1 Å². The minimum Gasteiger partial charge on any atom is -0.406 e. The third kappa shape index (κ3) is 4.93. The van der Waals surface area contributed by atoms with Gasteiger partial charge in [-0.05, 0) is 31.5 Å². The summed E-state index contributed by atoms with van der Waals surface area (Å²) in [6.45, 7) is 3.68. The molecule has 0 aromatic heterocycles. The number of rotatable bonds is 5. The maximum absolute atomic E-state index is 12.0. The minimum absolute atomic E-state index is 0.000388. The second-order valence-electron chi connectivity index (χ2n) is 4.09. The molecule has 3 nitrogen and oxygen atoms in total. The summed E-state index contributed by atoms with van der Waals surface area (Å²) in [5.74, 6) is -0.242. The number of aliphatic hydroxyl groups is 1. The van der Waals surface area contributed by atoms with Crippen molar-refractivity contribution in [1.82, 2.24) is 5.32 Å². The van der Waals surface area contributed by atoms with E-state index in [0.29, 0.717) is 0 Å². The van der Waals surface area contributed by atoms with Crippen LogP contribution in [0.2, 0.25) is 0 Å². The highest BCUT2D eigenvalue weighted by Gasteiger charge is 2.30. The number of benzene rings is 1. The van der Waals surface area contributed by atoms with Crippen LogP contribution in [0.1, 0.15) is 25.5 Å². The zero-order valence-electron chi connectivity index (χ0n) is 10.2. The van der Waals surface area contributed by atoms with Gasteiger partial charge in [-0.1, -0.05) is 12.1 Å². The molecule has 0 bridgehead atoms. The largest absolute Gasteiger partial charge is 0.573 e. The van der Waals surface area contributed by atoms with Crippen LogP contribution in [0.25, 0.3) is 0 Å². The Morgan fingerprint density at radius 2 is 1.78 bits per heavy atom. The van der Waals surface area contributed by atoms with Crippen LogP contribution in [-0.4, -0.2) is 24.1 Å². The summed E-state index contributed by atoms with van der Waals surface area (Å²) in [6, 6.07) is 5.51. The van der Waals surface area contributed by atoms with Gasteiger partial charge in [0.25, 0.3) is 0 Å². The maximum Gasteiger partial charge on any atom is 0.573 e. The first-order chi connectivity index (χ1) is 8.31. The van der Waals surface area contributed by atoms with Crippen LogP contribution in [0, 0.1) is 0 Å². The summed E-state index contributed by atoms with van der Waals surface area (Å²) in [5.41, 5.74) is 0.824. The molecule has 0 saturated heterocycles. The van der Waals surface area contributed by atoms with Gasteiger partial charge < -0.3 is 15.2 Å². The highest BCUT2D eigenvalue weighted by atomic mass is 19.4.